The molecule has 0 aliphatic rings. The van der Waals surface area contributed by atoms with Gasteiger partial charge in [-0.2, -0.15) is 0 Å². The van der Waals surface area contributed by atoms with E-state index in [0.29, 0.717) is 6.54 Å². The third kappa shape index (κ3) is 3.21. The minimum atomic E-state index is -1.15. The Kier molecular flexibility index (Phi) is 5.12. The molecule has 0 aliphatic carbocycles. The molecule has 0 fully saturated rings. The van der Waals surface area contributed by atoms with Gasteiger partial charge in [0.2, 0.25) is 5.91 Å². The van der Waals surface area contributed by atoms with E-state index in [1.807, 2.05) is 26.0 Å². The number of benzene rings is 1. The highest BCUT2D eigenvalue weighted by atomic mass is 16.5. The summed E-state index contributed by atoms with van der Waals surface area (Å²) in [6.45, 7) is 4.23. The van der Waals surface area contributed by atoms with E-state index in [2.05, 4.69) is 5.32 Å². The number of hydrogen-bond donors (Lipinski definition) is 3. The number of methoxy groups -OCH3 is 1. The summed E-state index contributed by atoms with van der Waals surface area (Å²) in [5.41, 5.74) is 8.31. The highest BCUT2D eigenvalue weighted by Crippen LogP contribution is 2.23. The topological polar surface area (TPSA) is 84.6 Å². The first-order valence-corrected chi connectivity index (χ1v) is 5.80. The van der Waals surface area contributed by atoms with Gasteiger partial charge < -0.3 is 20.9 Å². The molecule has 0 aliphatic heterocycles. The molecule has 18 heavy (non-hydrogen) atoms. The summed E-state index contributed by atoms with van der Waals surface area (Å²) in [7, 11) is 1.63. The molecule has 0 saturated carbocycles. The van der Waals surface area contributed by atoms with Crippen molar-refractivity contribution in [2.45, 2.75) is 26.5 Å². The zero-order valence-corrected chi connectivity index (χ0v) is 11.0. The molecular weight excluding hydrogens is 232 g/mol. The van der Waals surface area contributed by atoms with Gasteiger partial charge in [0.1, 0.15) is 11.9 Å². The Labute approximate surface area is 107 Å². The van der Waals surface area contributed by atoms with Crippen molar-refractivity contribution in [2.75, 3.05) is 13.7 Å². The van der Waals surface area contributed by atoms with Gasteiger partial charge in [0.05, 0.1) is 7.11 Å². The van der Waals surface area contributed by atoms with E-state index in [-0.39, 0.29) is 6.54 Å². The van der Waals surface area contributed by atoms with Crippen LogP contribution in [0.1, 0.15) is 16.7 Å². The van der Waals surface area contributed by atoms with Gasteiger partial charge >= 0.3 is 0 Å². The van der Waals surface area contributed by atoms with E-state index in [1.54, 1.807) is 7.11 Å². The number of aliphatic hydroxyl groups excluding tert-OH is 1. The predicted molar refractivity (Wildman–Crippen MR) is 69.4 cm³/mol. The second-order valence-corrected chi connectivity index (χ2v) is 4.15. The monoisotopic (exact) mass is 252 g/mol. The van der Waals surface area contributed by atoms with Crippen LogP contribution in [0, 0.1) is 13.8 Å². The summed E-state index contributed by atoms with van der Waals surface area (Å²) >= 11 is 0. The van der Waals surface area contributed by atoms with Crippen LogP contribution in [-0.2, 0) is 11.3 Å². The summed E-state index contributed by atoms with van der Waals surface area (Å²) in [5, 5.41) is 11.9. The fraction of sp³-hybridized carbons (Fsp3) is 0.462. The highest BCUT2D eigenvalue weighted by molar-refractivity contribution is 5.80. The van der Waals surface area contributed by atoms with Crippen LogP contribution in [0.3, 0.4) is 0 Å². The Bertz CT molecular complexity index is 432. The third-order valence-corrected chi connectivity index (χ3v) is 3.05. The largest absolute Gasteiger partial charge is 0.496 e. The standard InChI is InChI=1S/C13H20N2O3/c1-8-9(2)12(18-3)5-4-10(8)7-15-13(17)11(16)6-14/h4-5,11,16H,6-7,14H2,1-3H3,(H,15,17). The SMILES string of the molecule is COc1ccc(CNC(=O)C(O)CN)c(C)c1C. The molecule has 0 bridgehead atoms. The van der Waals surface area contributed by atoms with Crippen molar-refractivity contribution in [1.82, 2.24) is 5.32 Å². The van der Waals surface area contributed by atoms with Crippen molar-refractivity contribution in [3.63, 3.8) is 0 Å². The van der Waals surface area contributed by atoms with Crippen LogP contribution >= 0.6 is 0 Å². The van der Waals surface area contributed by atoms with Crippen molar-refractivity contribution >= 4 is 5.91 Å². The maximum absolute atomic E-state index is 11.4. The number of hydrogen-bond acceptors (Lipinski definition) is 4. The average molecular weight is 252 g/mol. The minimum Gasteiger partial charge on any atom is -0.496 e. The second-order valence-electron chi connectivity index (χ2n) is 4.15. The number of carbonyl (C=O) groups excluding carboxylic acids is 1. The summed E-state index contributed by atoms with van der Waals surface area (Å²) in [6, 6.07) is 3.76. The molecule has 5 nitrogen and oxygen atoms in total. The first-order valence-electron chi connectivity index (χ1n) is 5.80. The van der Waals surface area contributed by atoms with Crippen LogP contribution in [0.2, 0.25) is 0 Å². The first-order chi connectivity index (χ1) is 8.51. The van der Waals surface area contributed by atoms with E-state index < -0.39 is 12.0 Å². The van der Waals surface area contributed by atoms with Gasteiger partial charge in [0.25, 0.3) is 0 Å². The molecule has 1 atom stereocenters. The fourth-order valence-electron chi connectivity index (χ4n) is 1.67. The molecule has 0 heterocycles. The lowest BCUT2D eigenvalue weighted by molar-refractivity contribution is -0.128. The predicted octanol–water partition coefficient (Wildman–Crippen LogP) is 0.248. The molecule has 5 heteroatoms. The first kappa shape index (κ1) is 14.5. The smallest absolute Gasteiger partial charge is 0.250 e. The molecule has 100 valence electrons. The van der Waals surface area contributed by atoms with E-state index >= 15 is 0 Å². The number of aliphatic hydroxyl groups is 1. The van der Waals surface area contributed by atoms with Crippen LogP contribution in [0.5, 0.6) is 5.75 Å². The van der Waals surface area contributed by atoms with Crippen molar-refractivity contribution in [2.24, 2.45) is 5.73 Å². The number of nitrogens with one attached hydrogen (secondary N) is 1. The second kappa shape index (κ2) is 6.37. The van der Waals surface area contributed by atoms with Crippen LogP contribution in [-0.4, -0.2) is 30.8 Å². The number of nitrogens with two attached hydrogens (primary N) is 1. The fourth-order valence-corrected chi connectivity index (χ4v) is 1.67. The van der Waals surface area contributed by atoms with Crippen molar-refractivity contribution < 1.29 is 14.6 Å². The van der Waals surface area contributed by atoms with Gasteiger partial charge in [-0.25, -0.2) is 0 Å². The Balaban J connectivity index is 2.75. The lowest BCUT2D eigenvalue weighted by Crippen LogP contribution is -2.38. The van der Waals surface area contributed by atoms with Crippen molar-refractivity contribution in [3.05, 3.63) is 28.8 Å². The Hall–Kier alpha value is -1.59. The zero-order chi connectivity index (χ0) is 13.7. The molecule has 0 spiro atoms. The third-order valence-electron chi connectivity index (χ3n) is 3.05. The highest BCUT2D eigenvalue weighted by Gasteiger charge is 2.13. The summed E-state index contributed by atoms with van der Waals surface area (Å²) < 4.78 is 5.22. The number of amides is 1. The minimum absolute atomic E-state index is 0.0769. The molecule has 0 saturated heterocycles. The molecule has 1 unspecified atom stereocenters. The average Bonchev–Trinajstić information content (AvgIpc) is 2.39. The van der Waals surface area contributed by atoms with Crippen LogP contribution in [0.25, 0.3) is 0 Å². The lowest BCUT2D eigenvalue weighted by atomic mass is 10.0. The van der Waals surface area contributed by atoms with Crippen LogP contribution in [0.4, 0.5) is 0 Å². The molecule has 1 rings (SSSR count). The van der Waals surface area contributed by atoms with Gasteiger partial charge in [-0.3, -0.25) is 4.79 Å². The van der Waals surface area contributed by atoms with Gasteiger partial charge in [0.15, 0.2) is 0 Å². The van der Waals surface area contributed by atoms with E-state index in [0.717, 1.165) is 22.4 Å². The zero-order valence-electron chi connectivity index (χ0n) is 11.0. The number of rotatable bonds is 5. The van der Waals surface area contributed by atoms with Crippen LogP contribution in [0.15, 0.2) is 12.1 Å². The molecular formula is C13H20N2O3. The molecule has 1 aromatic rings. The molecule has 4 N–H and O–H groups in total. The van der Waals surface area contributed by atoms with Gasteiger partial charge in [0, 0.05) is 13.1 Å². The maximum atomic E-state index is 11.4. The number of ether oxygens (including phenoxy) is 1. The normalized spacial score (nSPS) is 12.1. The quantitative estimate of drug-likeness (QED) is 0.701. The summed E-state index contributed by atoms with van der Waals surface area (Å²) in [6.07, 6.45) is -1.15. The molecule has 1 aromatic carbocycles. The van der Waals surface area contributed by atoms with Gasteiger partial charge in [-0.05, 0) is 36.6 Å². The van der Waals surface area contributed by atoms with Gasteiger partial charge in [-0.15, -0.1) is 0 Å². The van der Waals surface area contributed by atoms with Crippen LogP contribution < -0.4 is 15.8 Å². The summed E-state index contributed by atoms with van der Waals surface area (Å²) in [5.74, 6) is 0.370. The van der Waals surface area contributed by atoms with Crippen molar-refractivity contribution in [3.8, 4) is 5.75 Å². The van der Waals surface area contributed by atoms with Crippen molar-refractivity contribution in [1.29, 1.82) is 0 Å². The van der Waals surface area contributed by atoms with E-state index in [9.17, 15) is 9.90 Å². The Morgan fingerprint density at radius 3 is 2.67 bits per heavy atom. The Morgan fingerprint density at radius 1 is 1.44 bits per heavy atom. The summed E-state index contributed by atoms with van der Waals surface area (Å²) in [4.78, 5) is 11.4. The maximum Gasteiger partial charge on any atom is 0.250 e. The van der Waals surface area contributed by atoms with Gasteiger partial charge in [-0.1, -0.05) is 6.07 Å². The van der Waals surface area contributed by atoms with E-state index in [4.69, 9.17) is 10.5 Å². The van der Waals surface area contributed by atoms with E-state index in [1.165, 1.54) is 0 Å². The number of carbonyl (C=O) groups is 1. The molecule has 0 radical (unpaired) electrons. The lowest BCUT2D eigenvalue weighted by Gasteiger charge is -2.14. The Morgan fingerprint density at radius 2 is 2.11 bits per heavy atom. The molecule has 0 aromatic heterocycles. The molecule has 1 amide bonds.